The molecule has 1 aromatic carbocycles. The summed E-state index contributed by atoms with van der Waals surface area (Å²) in [5, 5.41) is 7.75. The SMILES string of the molecule is CC(C)n1c(=O)c2cnc(Nc3ccc4c(c3)CCN(C(=O)OC(C)(C)C)C4)nc2n1-c1ccsc1. The number of hydrogen-bond donors (Lipinski definition) is 1. The van der Waals surface area contributed by atoms with Crippen LogP contribution >= 0.6 is 11.3 Å². The summed E-state index contributed by atoms with van der Waals surface area (Å²) in [6.45, 7) is 10.7. The highest BCUT2D eigenvalue weighted by molar-refractivity contribution is 7.08. The summed E-state index contributed by atoms with van der Waals surface area (Å²) in [6, 6.07) is 7.98. The van der Waals surface area contributed by atoms with E-state index in [2.05, 4.69) is 16.4 Å². The number of nitrogens with zero attached hydrogens (tertiary/aromatic N) is 5. The molecule has 10 heteroatoms. The maximum absolute atomic E-state index is 13.1. The first-order valence-corrected chi connectivity index (χ1v) is 12.9. The van der Waals surface area contributed by atoms with Crippen LogP contribution < -0.4 is 10.9 Å². The monoisotopic (exact) mass is 506 g/mol. The number of nitrogens with one attached hydrogen (secondary N) is 1. The van der Waals surface area contributed by atoms with Gasteiger partial charge in [0.2, 0.25) is 5.95 Å². The molecule has 0 spiro atoms. The van der Waals surface area contributed by atoms with Crippen molar-refractivity contribution in [1.82, 2.24) is 24.2 Å². The predicted octanol–water partition coefficient (Wildman–Crippen LogP) is 5.26. The summed E-state index contributed by atoms with van der Waals surface area (Å²) in [6.07, 6.45) is 2.03. The molecule has 0 atom stereocenters. The van der Waals surface area contributed by atoms with Crippen LogP contribution in [0.25, 0.3) is 16.7 Å². The number of thiophene rings is 1. The van der Waals surface area contributed by atoms with E-state index in [1.165, 1.54) is 5.56 Å². The van der Waals surface area contributed by atoms with Gasteiger partial charge in [-0.3, -0.25) is 4.79 Å². The molecule has 0 saturated heterocycles. The van der Waals surface area contributed by atoms with Gasteiger partial charge in [-0.1, -0.05) is 6.07 Å². The molecule has 0 bridgehead atoms. The molecule has 0 aliphatic carbocycles. The van der Waals surface area contributed by atoms with Gasteiger partial charge in [0.25, 0.3) is 5.56 Å². The second-order valence-electron chi connectivity index (χ2n) is 10.2. The Labute approximate surface area is 213 Å². The second-order valence-corrected chi connectivity index (χ2v) is 11.0. The number of fused-ring (bicyclic) bond motifs is 2. The minimum atomic E-state index is -0.517. The van der Waals surface area contributed by atoms with Gasteiger partial charge >= 0.3 is 6.09 Å². The first-order valence-electron chi connectivity index (χ1n) is 12.0. The molecule has 188 valence electrons. The largest absolute Gasteiger partial charge is 0.444 e. The minimum Gasteiger partial charge on any atom is -0.444 e. The maximum Gasteiger partial charge on any atom is 0.410 e. The Morgan fingerprint density at radius 2 is 2.00 bits per heavy atom. The Hall–Kier alpha value is -3.66. The average molecular weight is 507 g/mol. The van der Waals surface area contributed by atoms with Crippen molar-refractivity contribution < 1.29 is 9.53 Å². The van der Waals surface area contributed by atoms with Crippen LogP contribution in [0.4, 0.5) is 16.4 Å². The first-order chi connectivity index (χ1) is 17.1. The summed E-state index contributed by atoms with van der Waals surface area (Å²) >= 11 is 1.57. The number of aromatic nitrogens is 4. The van der Waals surface area contributed by atoms with E-state index in [9.17, 15) is 9.59 Å². The van der Waals surface area contributed by atoms with E-state index >= 15 is 0 Å². The molecular weight excluding hydrogens is 476 g/mol. The lowest BCUT2D eigenvalue weighted by Gasteiger charge is -2.31. The zero-order valence-electron chi connectivity index (χ0n) is 21.1. The zero-order valence-corrected chi connectivity index (χ0v) is 21.9. The molecule has 1 N–H and O–H groups in total. The molecular formula is C26H30N6O3S. The number of ether oxygens (including phenoxy) is 1. The predicted molar refractivity (Wildman–Crippen MR) is 141 cm³/mol. The van der Waals surface area contributed by atoms with Crippen LogP contribution in [-0.4, -0.2) is 42.5 Å². The van der Waals surface area contributed by atoms with Crippen LogP contribution in [0.5, 0.6) is 0 Å². The van der Waals surface area contributed by atoms with Gasteiger partial charge in [-0.15, -0.1) is 0 Å². The minimum absolute atomic E-state index is 0.0381. The normalized spacial score (nSPS) is 13.8. The van der Waals surface area contributed by atoms with Crippen molar-refractivity contribution in [3.05, 3.63) is 62.7 Å². The molecule has 1 amide bonds. The van der Waals surface area contributed by atoms with Crippen molar-refractivity contribution in [2.24, 2.45) is 0 Å². The van der Waals surface area contributed by atoms with Crippen molar-refractivity contribution >= 4 is 40.1 Å². The third-order valence-electron chi connectivity index (χ3n) is 5.99. The van der Waals surface area contributed by atoms with Gasteiger partial charge in [0.15, 0.2) is 5.65 Å². The average Bonchev–Trinajstić information content (AvgIpc) is 3.43. The van der Waals surface area contributed by atoms with Crippen molar-refractivity contribution in [2.45, 2.75) is 59.2 Å². The number of carbonyl (C=O) groups is 1. The maximum atomic E-state index is 13.1. The van der Waals surface area contributed by atoms with Crippen molar-refractivity contribution in [3.63, 3.8) is 0 Å². The Morgan fingerprint density at radius 1 is 1.19 bits per heavy atom. The van der Waals surface area contributed by atoms with Gasteiger partial charge in [0, 0.05) is 36.4 Å². The number of rotatable bonds is 4. The number of carbonyl (C=O) groups excluding carboxylic acids is 1. The molecule has 0 radical (unpaired) electrons. The highest BCUT2D eigenvalue weighted by Crippen LogP contribution is 2.26. The van der Waals surface area contributed by atoms with Crippen molar-refractivity contribution in [1.29, 1.82) is 0 Å². The summed E-state index contributed by atoms with van der Waals surface area (Å²) < 4.78 is 9.10. The van der Waals surface area contributed by atoms with E-state index < -0.39 is 5.60 Å². The number of amides is 1. The smallest absolute Gasteiger partial charge is 0.410 e. The molecule has 4 aromatic rings. The molecule has 36 heavy (non-hydrogen) atoms. The molecule has 1 aliphatic rings. The van der Waals surface area contributed by atoms with E-state index in [1.54, 1.807) is 27.1 Å². The summed E-state index contributed by atoms with van der Waals surface area (Å²) in [7, 11) is 0. The fourth-order valence-electron chi connectivity index (χ4n) is 4.39. The Balaban J connectivity index is 1.42. The van der Waals surface area contributed by atoms with E-state index in [4.69, 9.17) is 9.72 Å². The van der Waals surface area contributed by atoms with Crippen LogP contribution in [0.15, 0.2) is 46.0 Å². The zero-order chi connectivity index (χ0) is 25.6. The van der Waals surface area contributed by atoms with Gasteiger partial charge in [-0.05, 0) is 75.7 Å². The highest BCUT2D eigenvalue weighted by Gasteiger charge is 2.26. The molecule has 5 rings (SSSR count). The van der Waals surface area contributed by atoms with Gasteiger partial charge in [-0.2, -0.15) is 16.3 Å². The Bertz CT molecular complexity index is 1480. The third kappa shape index (κ3) is 4.60. The Morgan fingerprint density at radius 3 is 2.69 bits per heavy atom. The van der Waals surface area contributed by atoms with E-state index in [-0.39, 0.29) is 17.7 Å². The van der Waals surface area contributed by atoms with Crippen LogP contribution in [-0.2, 0) is 17.7 Å². The fraction of sp³-hybridized carbons (Fsp3) is 0.385. The van der Waals surface area contributed by atoms with Crippen LogP contribution in [0.2, 0.25) is 0 Å². The van der Waals surface area contributed by atoms with Crippen LogP contribution in [0, 0.1) is 0 Å². The molecule has 0 fully saturated rings. The fourth-order valence-corrected chi connectivity index (χ4v) is 5.01. The summed E-state index contributed by atoms with van der Waals surface area (Å²) in [4.78, 5) is 36.4. The second kappa shape index (κ2) is 9.09. The molecule has 4 heterocycles. The molecule has 0 saturated carbocycles. The lowest BCUT2D eigenvalue weighted by Crippen LogP contribution is -2.39. The van der Waals surface area contributed by atoms with Gasteiger partial charge in [0.1, 0.15) is 11.0 Å². The third-order valence-corrected chi connectivity index (χ3v) is 6.66. The highest BCUT2D eigenvalue weighted by atomic mass is 32.1. The lowest BCUT2D eigenvalue weighted by atomic mass is 9.99. The quantitative estimate of drug-likeness (QED) is 0.406. The van der Waals surface area contributed by atoms with E-state index in [1.807, 2.05) is 68.3 Å². The van der Waals surface area contributed by atoms with Crippen molar-refractivity contribution in [2.75, 3.05) is 11.9 Å². The van der Waals surface area contributed by atoms with Crippen LogP contribution in [0.3, 0.4) is 0 Å². The molecule has 1 aliphatic heterocycles. The van der Waals surface area contributed by atoms with Crippen molar-refractivity contribution in [3.8, 4) is 5.69 Å². The number of hydrogen-bond acceptors (Lipinski definition) is 7. The molecule has 3 aromatic heterocycles. The molecule has 0 unspecified atom stereocenters. The lowest BCUT2D eigenvalue weighted by molar-refractivity contribution is 0.0224. The summed E-state index contributed by atoms with van der Waals surface area (Å²) in [5.74, 6) is 0.415. The van der Waals surface area contributed by atoms with E-state index in [0.717, 1.165) is 23.4 Å². The molecule has 9 nitrogen and oxygen atoms in total. The summed E-state index contributed by atoms with van der Waals surface area (Å²) in [5.41, 5.74) is 3.95. The van der Waals surface area contributed by atoms with Gasteiger partial charge < -0.3 is 15.0 Å². The number of benzene rings is 1. The first kappa shape index (κ1) is 24.1. The number of anilines is 2. The van der Waals surface area contributed by atoms with Gasteiger partial charge in [-0.25, -0.2) is 19.1 Å². The van der Waals surface area contributed by atoms with Gasteiger partial charge in [0.05, 0.1) is 5.69 Å². The van der Waals surface area contributed by atoms with Crippen LogP contribution in [0.1, 0.15) is 51.8 Å². The topological polar surface area (TPSA) is 94.3 Å². The Kier molecular flexibility index (Phi) is 6.07. The standard InChI is InChI=1S/C26H30N6O3S/c1-16(2)31-23(33)21-13-27-24(29-22(21)32(31)20-9-11-36-15-20)28-19-7-6-18-14-30(10-8-17(18)12-19)25(34)35-26(3,4)5/h6-7,9,11-13,15-16H,8,10,14H2,1-5H3,(H,27,28,29). The van der Waals surface area contributed by atoms with E-state index in [0.29, 0.717) is 30.1 Å².